The highest BCUT2D eigenvalue weighted by molar-refractivity contribution is 8.00. The molecular weight excluding hydrogens is 939 g/mol. The third kappa shape index (κ3) is 11.5. The van der Waals surface area contributed by atoms with Crippen molar-refractivity contribution in [3.05, 3.63) is 68.8 Å². The quantitative estimate of drug-likeness (QED) is 0.0791. The van der Waals surface area contributed by atoms with Crippen molar-refractivity contribution in [2.45, 2.75) is 158 Å². The van der Waals surface area contributed by atoms with Crippen LogP contribution >= 0.6 is 23.5 Å². The molecule has 4 aliphatic heterocycles. The monoisotopic (exact) mass is 1010 g/mol. The third-order valence-electron chi connectivity index (χ3n) is 14.5. The average Bonchev–Trinajstić information content (AvgIpc) is 4.05. The smallest absolute Gasteiger partial charge is 0.222 e. The van der Waals surface area contributed by atoms with Crippen LogP contribution in [-0.4, -0.2) is 176 Å². The van der Waals surface area contributed by atoms with E-state index in [-0.39, 0.29) is 23.8 Å². The van der Waals surface area contributed by atoms with Gasteiger partial charge in [0, 0.05) is 77.5 Å². The summed E-state index contributed by atoms with van der Waals surface area (Å²) >= 11 is 2.58. The lowest BCUT2D eigenvalue weighted by Gasteiger charge is -2.39. The Balaban J connectivity index is 1.13. The minimum atomic E-state index is -1.43. The van der Waals surface area contributed by atoms with Crippen LogP contribution in [0.2, 0.25) is 0 Å². The molecule has 17 nitrogen and oxygen atoms in total. The summed E-state index contributed by atoms with van der Waals surface area (Å²) in [7, 11) is 1.78. The molecule has 70 heavy (non-hydrogen) atoms. The summed E-state index contributed by atoms with van der Waals surface area (Å²) in [6.07, 6.45) is -5.50. The zero-order valence-electron chi connectivity index (χ0n) is 41.5. The Morgan fingerprint density at radius 2 is 1.39 bits per heavy atom. The van der Waals surface area contributed by atoms with Gasteiger partial charge >= 0.3 is 0 Å². The first-order valence-corrected chi connectivity index (χ1v) is 26.6. The van der Waals surface area contributed by atoms with E-state index in [0.717, 1.165) is 79.1 Å². The molecule has 10 N–H and O–H groups in total. The van der Waals surface area contributed by atoms with Gasteiger partial charge in [0.25, 0.3) is 0 Å². The number of nitrogens with zero attached hydrogens (tertiary/aromatic N) is 3. The molecule has 4 aliphatic rings. The molecule has 1 unspecified atom stereocenters. The maximum atomic E-state index is 13.7. The summed E-state index contributed by atoms with van der Waals surface area (Å²) in [6, 6.07) is 6.40. The lowest BCUT2D eigenvalue weighted by atomic mass is 9.85. The Bertz CT molecular complexity index is 2510. The molecule has 0 aromatic carbocycles. The fourth-order valence-corrected chi connectivity index (χ4v) is 12.3. The van der Waals surface area contributed by atoms with Crippen molar-refractivity contribution in [3.8, 4) is 0 Å². The third-order valence-corrected chi connectivity index (χ3v) is 17.0. The Hall–Kier alpha value is -3.41. The Kier molecular flexibility index (Phi) is 18.4. The maximum absolute atomic E-state index is 13.7. The molecule has 7 rings (SSSR count). The largest absolute Gasteiger partial charge is 0.394 e. The SMILES string of the molecule is CCc1c(C)c2cc3[nH]c(cc4nc(c(C)c5nc(cc1[nH]2)C(C)=C5)[C@@H](CCC(=O)N(C)CCCS[C@@H]1O[C@H](CO)[C@@H](O)[C@H](O)[C@H]1O)[C@@H]4C)c(C)c3C(C)OCCCS[C@@H]1O[C@H](CO)[C@@H](O)[C@H](O)[C@H]1O. The molecule has 0 saturated carbocycles. The van der Waals surface area contributed by atoms with Gasteiger partial charge in [0.05, 0.1) is 30.7 Å². The van der Waals surface area contributed by atoms with E-state index < -0.39 is 72.9 Å². The standard InChI is InChI=1S/C51H73N5O12S2/c1-9-30-25(3)34-21-38-42(29(7)66-15-11-17-70-51-49(65)47(63)45(61)40(23-58)68-51)27(5)36(54-38)20-35-26(4)31(43(55-35)28(6)33-18-24(2)32(52-33)19-37(30)53-34)12-13-41(59)56(8)14-10-16-69-50-48(64)46(62)44(60)39(22-57)67-50/h18-21,26,29,31,39-40,44-51,53-54,57-58,60-65H,9-17,22-23H2,1-8H3/t26-,29?,31-,39+,40+,44+,45+,46-,47-,48+,49+,50-,51-/m0/s1. The number of aliphatic hydroxyl groups excluding tert-OH is 8. The first kappa shape index (κ1) is 54.4. The molecule has 19 heteroatoms. The van der Waals surface area contributed by atoms with E-state index in [0.29, 0.717) is 50.3 Å². The van der Waals surface area contributed by atoms with Crippen molar-refractivity contribution in [2.75, 3.05) is 44.9 Å². The minimum absolute atomic E-state index is 0.00400. The minimum Gasteiger partial charge on any atom is -0.394 e. The predicted molar refractivity (Wildman–Crippen MR) is 272 cm³/mol. The number of allylic oxidation sites excluding steroid dienone is 1. The number of nitrogens with one attached hydrogen (secondary N) is 2. The van der Waals surface area contributed by atoms with Crippen LogP contribution in [0.1, 0.15) is 122 Å². The van der Waals surface area contributed by atoms with Crippen molar-refractivity contribution in [3.63, 3.8) is 0 Å². The first-order chi connectivity index (χ1) is 33.4. The van der Waals surface area contributed by atoms with Crippen molar-refractivity contribution in [2.24, 2.45) is 0 Å². The molecular formula is C51H73N5O12S2. The number of fused-ring (bicyclic) bond motifs is 8. The normalized spacial score (nSPS) is 28.5. The maximum Gasteiger partial charge on any atom is 0.222 e. The zero-order valence-corrected chi connectivity index (χ0v) is 43.1. The van der Waals surface area contributed by atoms with Crippen molar-refractivity contribution < 1.29 is 59.9 Å². The Labute approximate surface area is 418 Å². The number of hydrogen-bond donors (Lipinski definition) is 10. The molecule has 0 aliphatic carbocycles. The molecule has 3 aromatic heterocycles. The number of aromatic nitrogens is 4. The van der Waals surface area contributed by atoms with Crippen LogP contribution in [0, 0.1) is 20.8 Å². The molecule has 386 valence electrons. The van der Waals surface area contributed by atoms with Gasteiger partial charge in [-0.3, -0.25) is 9.78 Å². The van der Waals surface area contributed by atoms with Crippen LogP contribution in [0.15, 0.2) is 18.2 Å². The molecule has 0 radical (unpaired) electrons. The highest BCUT2D eigenvalue weighted by atomic mass is 32.2. The molecule has 7 heterocycles. The lowest BCUT2D eigenvalue weighted by Crippen LogP contribution is -2.57. The number of carbonyl (C=O) groups is 1. The van der Waals surface area contributed by atoms with E-state index in [4.69, 9.17) is 24.2 Å². The van der Waals surface area contributed by atoms with Gasteiger partial charge in [-0.1, -0.05) is 13.8 Å². The summed E-state index contributed by atoms with van der Waals surface area (Å²) in [6.45, 7) is 14.6. The van der Waals surface area contributed by atoms with Crippen LogP contribution in [0.25, 0.3) is 33.7 Å². The van der Waals surface area contributed by atoms with Crippen LogP contribution < -0.4 is 0 Å². The first-order valence-electron chi connectivity index (χ1n) is 24.5. The van der Waals surface area contributed by atoms with Crippen LogP contribution in [0.5, 0.6) is 0 Å². The topological polar surface area (TPSA) is 267 Å². The lowest BCUT2D eigenvalue weighted by molar-refractivity contribution is -0.205. The molecule has 2 saturated heterocycles. The summed E-state index contributed by atoms with van der Waals surface area (Å²) in [5.41, 5.74) is 12.0. The fraction of sp³-hybridized carbons (Fsp3) is 0.627. The van der Waals surface area contributed by atoms with Crippen molar-refractivity contribution in [1.82, 2.24) is 24.8 Å². The Morgan fingerprint density at radius 1 is 0.786 bits per heavy atom. The van der Waals surface area contributed by atoms with Crippen LogP contribution in [0.4, 0.5) is 0 Å². The van der Waals surface area contributed by atoms with Gasteiger partial charge in [0.1, 0.15) is 59.7 Å². The molecule has 3 aromatic rings. The number of amides is 1. The number of thioether (sulfide) groups is 2. The molecule has 0 spiro atoms. The van der Waals surface area contributed by atoms with E-state index >= 15 is 0 Å². The second-order valence-corrected chi connectivity index (χ2v) is 21.6. The number of aryl methyl sites for hydroxylation is 3. The van der Waals surface area contributed by atoms with Gasteiger partial charge in [-0.15, -0.1) is 23.5 Å². The summed E-state index contributed by atoms with van der Waals surface area (Å²) in [5, 5.41) is 80.9. The second-order valence-electron chi connectivity index (χ2n) is 19.2. The number of H-pyrrole nitrogens is 2. The van der Waals surface area contributed by atoms with E-state index in [1.165, 1.54) is 29.1 Å². The Morgan fingerprint density at radius 3 is 2.00 bits per heavy atom. The average molecular weight is 1010 g/mol. The summed E-state index contributed by atoms with van der Waals surface area (Å²) in [4.78, 5) is 33.4. The number of rotatable bonds is 18. The number of hydrogen-bond acceptors (Lipinski definition) is 16. The summed E-state index contributed by atoms with van der Waals surface area (Å²) in [5.74, 6) is 0.949. The van der Waals surface area contributed by atoms with E-state index in [9.17, 15) is 45.6 Å². The van der Waals surface area contributed by atoms with E-state index in [2.05, 4.69) is 75.8 Å². The number of carbonyl (C=O) groups excluding carboxylic acids is 1. The van der Waals surface area contributed by atoms with Crippen LogP contribution in [-0.2, 0) is 25.4 Å². The van der Waals surface area contributed by atoms with Gasteiger partial charge in [0.2, 0.25) is 5.91 Å². The summed E-state index contributed by atoms with van der Waals surface area (Å²) < 4.78 is 17.8. The number of aliphatic hydroxyl groups is 8. The highest BCUT2D eigenvalue weighted by Gasteiger charge is 2.44. The van der Waals surface area contributed by atoms with Crippen molar-refractivity contribution >= 4 is 63.1 Å². The van der Waals surface area contributed by atoms with Gasteiger partial charge in [0.15, 0.2) is 0 Å². The number of ether oxygens (including phenoxy) is 3. The van der Waals surface area contributed by atoms with Gasteiger partial charge in [-0.2, -0.15) is 0 Å². The van der Waals surface area contributed by atoms with Gasteiger partial charge in [-0.25, -0.2) is 4.98 Å². The molecule has 2 fully saturated rings. The molecule has 13 atom stereocenters. The van der Waals surface area contributed by atoms with E-state index in [1.54, 1.807) is 11.9 Å². The van der Waals surface area contributed by atoms with Gasteiger partial charge < -0.3 is 69.9 Å². The zero-order chi connectivity index (χ0) is 50.7. The molecule has 1 amide bonds. The molecule has 8 bridgehead atoms. The van der Waals surface area contributed by atoms with Crippen molar-refractivity contribution in [1.29, 1.82) is 0 Å². The highest BCUT2D eigenvalue weighted by Crippen LogP contribution is 2.43. The fourth-order valence-electron chi connectivity index (χ4n) is 10.1. The number of aromatic amines is 2. The van der Waals surface area contributed by atoms with Crippen LogP contribution in [0.3, 0.4) is 0 Å². The second kappa shape index (κ2) is 23.6. The van der Waals surface area contributed by atoms with E-state index in [1.807, 2.05) is 6.92 Å². The van der Waals surface area contributed by atoms with Gasteiger partial charge in [-0.05, 0) is 124 Å². The predicted octanol–water partition coefficient (Wildman–Crippen LogP) is 4.41.